The third-order valence-electron chi connectivity index (χ3n) is 2.63. The van der Waals surface area contributed by atoms with Crippen molar-refractivity contribution in [3.8, 4) is 11.6 Å². The van der Waals surface area contributed by atoms with Crippen LogP contribution in [-0.4, -0.2) is 23.7 Å². The van der Waals surface area contributed by atoms with E-state index in [0.717, 1.165) is 17.7 Å². The fraction of sp³-hybridized carbons (Fsp3) is 0.286. The maximum Gasteiger partial charge on any atom is 0.226 e. The molecule has 0 amide bonds. The van der Waals surface area contributed by atoms with Crippen molar-refractivity contribution >= 4 is 11.6 Å². The summed E-state index contributed by atoms with van der Waals surface area (Å²) in [5, 5.41) is 0.178. The quantitative estimate of drug-likeness (QED) is 0.786. The number of hydrogen-bond donors (Lipinski definition) is 0. The predicted octanol–water partition coefficient (Wildman–Crippen LogP) is 3.42. The van der Waals surface area contributed by atoms with Gasteiger partial charge in [-0.3, -0.25) is 0 Å². The Balaban J connectivity index is 2.08. The summed E-state index contributed by atoms with van der Waals surface area (Å²) in [6, 6.07) is 7.82. The smallest absolute Gasteiger partial charge is 0.226 e. The van der Waals surface area contributed by atoms with Gasteiger partial charge in [-0.25, -0.2) is 4.98 Å². The summed E-state index contributed by atoms with van der Waals surface area (Å²) >= 11 is 5.75. The zero-order valence-corrected chi connectivity index (χ0v) is 11.6. The first-order chi connectivity index (χ1) is 9.19. The molecule has 19 heavy (non-hydrogen) atoms. The molecule has 0 spiro atoms. The highest BCUT2D eigenvalue weighted by Crippen LogP contribution is 2.23. The van der Waals surface area contributed by atoms with Gasteiger partial charge in [-0.05, 0) is 42.6 Å². The number of benzene rings is 1. The van der Waals surface area contributed by atoms with E-state index in [9.17, 15) is 0 Å². The molecule has 1 heterocycles. The lowest BCUT2D eigenvalue weighted by Crippen LogP contribution is -1.95. The van der Waals surface area contributed by atoms with Crippen molar-refractivity contribution in [2.75, 3.05) is 13.7 Å². The lowest BCUT2D eigenvalue weighted by atomic mass is 10.1. The minimum atomic E-state index is 0.178. The molecule has 0 radical (unpaired) electrons. The van der Waals surface area contributed by atoms with Crippen LogP contribution in [0.4, 0.5) is 0 Å². The summed E-state index contributed by atoms with van der Waals surface area (Å²) in [4.78, 5) is 7.94. The zero-order valence-electron chi connectivity index (χ0n) is 10.9. The Morgan fingerprint density at radius 1 is 1.21 bits per heavy atom. The predicted molar refractivity (Wildman–Crippen MR) is 73.9 cm³/mol. The Morgan fingerprint density at radius 3 is 2.63 bits per heavy atom. The SMILES string of the molecule is COCCc1ccc(Oc2nc(Cl)ncc2C)cc1. The van der Waals surface area contributed by atoms with Gasteiger partial charge in [0, 0.05) is 18.9 Å². The topological polar surface area (TPSA) is 44.2 Å². The molecule has 0 aliphatic heterocycles. The lowest BCUT2D eigenvalue weighted by Gasteiger charge is -2.08. The number of aryl methyl sites for hydroxylation is 1. The van der Waals surface area contributed by atoms with Gasteiger partial charge in [0.1, 0.15) is 5.75 Å². The molecule has 0 unspecified atom stereocenters. The molecule has 0 saturated heterocycles. The van der Waals surface area contributed by atoms with Gasteiger partial charge in [0.25, 0.3) is 0 Å². The second-order valence-corrected chi connectivity index (χ2v) is 4.45. The van der Waals surface area contributed by atoms with Crippen molar-refractivity contribution in [3.63, 3.8) is 0 Å². The molecule has 0 fully saturated rings. The maximum atomic E-state index is 5.75. The Morgan fingerprint density at radius 2 is 1.95 bits per heavy atom. The van der Waals surface area contributed by atoms with E-state index in [-0.39, 0.29) is 5.28 Å². The van der Waals surface area contributed by atoms with Crippen LogP contribution in [0.2, 0.25) is 5.28 Å². The highest BCUT2D eigenvalue weighted by Gasteiger charge is 2.05. The second-order valence-electron chi connectivity index (χ2n) is 4.12. The van der Waals surface area contributed by atoms with Crippen LogP contribution in [0.1, 0.15) is 11.1 Å². The minimum Gasteiger partial charge on any atom is -0.439 e. The van der Waals surface area contributed by atoms with E-state index in [2.05, 4.69) is 9.97 Å². The van der Waals surface area contributed by atoms with Gasteiger partial charge in [0.2, 0.25) is 11.2 Å². The van der Waals surface area contributed by atoms with Crippen molar-refractivity contribution in [2.24, 2.45) is 0 Å². The number of rotatable bonds is 5. The number of methoxy groups -OCH3 is 1. The van der Waals surface area contributed by atoms with Crippen molar-refractivity contribution in [3.05, 3.63) is 46.9 Å². The number of aromatic nitrogens is 2. The van der Waals surface area contributed by atoms with Crippen LogP contribution in [0.25, 0.3) is 0 Å². The van der Waals surface area contributed by atoms with Crippen molar-refractivity contribution in [1.29, 1.82) is 0 Å². The Kier molecular flexibility index (Phi) is 4.71. The largest absolute Gasteiger partial charge is 0.439 e. The average Bonchev–Trinajstić information content (AvgIpc) is 2.42. The van der Waals surface area contributed by atoms with Crippen LogP contribution >= 0.6 is 11.6 Å². The van der Waals surface area contributed by atoms with Crippen LogP contribution in [0.15, 0.2) is 30.5 Å². The monoisotopic (exact) mass is 278 g/mol. The summed E-state index contributed by atoms with van der Waals surface area (Å²) in [7, 11) is 1.69. The first-order valence-corrected chi connectivity index (χ1v) is 6.31. The third-order valence-corrected chi connectivity index (χ3v) is 2.81. The molecule has 0 aliphatic rings. The van der Waals surface area contributed by atoms with E-state index >= 15 is 0 Å². The number of nitrogens with zero attached hydrogens (tertiary/aromatic N) is 2. The molecule has 1 aromatic heterocycles. The van der Waals surface area contributed by atoms with E-state index in [1.54, 1.807) is 13.3 Å². The van der Waals surface area contributed by atoms with Gasteiger partial charge in [0.15, 0.2) is 0 Å². The van der Waals surface area contributed by atoms with Crippen molar-refractivity contribution in [2.45, 2.75) is 13.3 Å². The Hall–Kier alpha value is -1.65. The Labute approximate surface area is 117 Å². The van der Waals surface area contributed by atoms with E-state index in [0.29, 0.717) is 12.5 Å². The van der Waals surface area contributed by atoms with E-state index < -0.39 is 0 Å². The molecule has 0 saturated carbocycles. The van der Waals surface area contributed by atoms with Crippen LogP contribution in [0.3, 0.4) is 0 Å². The second kappa shape index (κ2) is 6.50. The maximum absolute atomic E-state index is 5.75. The zero-order chi connectivity index (χ0) is 13.7. The fourth-order valence-electron chi connectivity index (χ4n) is 1.57. The van der Waals surface area contributed by atoms with Crippen molar-refractivity contribution < 1.29 is 9.47 Å². The highest BCUT2D eigenvalue weighted by atomic mass is 35.5. The van der Waals surface area contributed by atoms with Crippen molar-refractivity contribution in [1.82, 2.24) is 9.97 Å². The molecule has 100 valence electrons. The van der Waals surface area contributed by atoms with Crippen LogP contribution in [0.5, 0.6) is 11.6 Å². The van der Waals surface area contributed by atoms with Crippen LogP contribution in [0, 0.1) is 6.92 Å². The third kappa shape index (κ3) is 3.91. The molecular formula is C14H15ClN2O2. The fourth-order valence-corrected chi connectivity index (χ4v) is 1.69. The molecule has 0 atom stereocenters. The van der Waals surface area contributed by atoms with E-state index in [4.69, 9.17) is 21.1 Å². The van der Waals surface area contributed by atoms with Gasteiger partial charge in [-0.2, -0.15) is 4.98 Å². The molecule has 1 aromatic carbocycles. The standard InChI is InChI=1S/C14H15ClN2O2/c1-10-9-16-14(15)17-13(10)19-12-5-3-11(4-6-12)7-8-18-2/h3-6,9H,7-8H2,1-2H3. The van der Waals surface area contributed by atoms with E-state index in [1.807, 2.05) is 31.2 Å². The van der Waals surface area contributed by atoms with Gasteiger partial charge < -0.3 is 9.47 Å². The molecule has 2 aromatic rings. The average molecular weight is 279 g/mol. The number of hydrogen-bond acceptors (Lipinski definition) is 4. The van der Waals surface area contributed by atoms with E-state index in [1.165, 1.54) is 5.56 Å². The van der Waals surface area contributed by atoms with Crippen LogP contribution in [-0.2, 0) is 11.2 Å². The van der Waals surface area contributed by atoms with Gasteiger partial charge in [-0.15, -0.1) is 0 Å². The summed E-state index contributed by atoms with van der Waals surface area (Å²) in [5.41, 5.74) is 2.04. The minimum absolute atomic E-state index is 0.178. The molecule has 0 bridgehead atoms. The molecule has 5 heteroatoms. The molecule has 2 rings (SSSR count). The van der Waals surface area contributed by atoms with Gasteiger partial charge >= 0.3 is 0 Å². The first kappa shape index (κ1) is 13.8. The number of ether oxygens (including phenoxy) is 2. The highest BCUT2D eigenvalue weighted by molar-refractivity contribution is 6.28. The molecular weight excluding hydrogens is 264 g/mol. The normalized spacial score (nSPS) is 10.5. The van der Waals surface area contributed by atoms with Gasteiger partial charge in [0.05, 0.1) is 6.61 Å². The molecule has 0 aliphatic carbocycles. The number of halogens is 1. The molecule has 4 nitrogen and oxygen atoms in total. The summed E-state index contributed by atoms with van der Waals surface area (Å²) in [6.45, 7) is 2.58. The van der Waals surface area contributed by atoms with Crippen LogP contribution < -0.4 is 4.74 Å². The summed E-state index contributed by atoms with van der Waals surface area (Å²) < 4.78 is 10.7. The van der Waals surface area contributed by atoms with Gasteiger partial charge in [-0.1, -0.05) is 12.1 Å². The Bertz CT molecular complexity index is 544. The summed E-state index contributed by atoms with van der Waals surface area (Å²) in [6.07, 6.45) is 2.52. The first-order valence-electron chi connectivity index (χ1n) is 5.94. The summed E-state index contributed by atoms with van der Waals surface area (Å²) in [5.74, 6) is 1.20. The lowest BCUT2D eigenvalue weighted by molar-refractivity contribution is 0.202. The molecule has 0 N–H and O–H groups in total.